The first-order valence-corrected chi connectivity index (χ1v) is 7.04. The Morgan fingerprint density at radius 2 is 1.91 bits per heavy atom. The van der Waals surface area contributed by atoms with E-state index in [2.05, 4.69) is 21.1 Å². The first kappa shape index (κ1) is 15.5. The topological polar surface area (TPSA) is 73.3 Å². The smallest absolute Gasteiger partial charge is 0.354 e. The first-order chi connectivity index (χ1) is 10.9. The molecular weight excluding hydrogens is 311 g/mol. The quantitative estimate of drug-likeness (QED) is 0.770. The van der Waals surface area contributed by atoms with Crippen molar-refractivity contribution in [1.82, 2.24) is 24.5 Å². The largest absolute Gasteiger partial charge is 0.453 e. The number of aromatic nitrogens is 4. The molecule has 2 aromatic rings. The van der Waals surface area contributed by atoms with Crippen LogP contribution in [0.5, 0.6) is 0 Å². The maximum atomic E-state index is 12.8. The van der Waals surface area contributed by atoms with Gasteiger partial charge < -0.3 is 4.90 Å². The lowest BCUT2D eigenvalue weighted by Gasteiger charge is -2.34. The second kappa shape index (κ2) is 5.66. The molecule has 2 aromatic heterocycles. The molecule has 3 heterocycles. The SMILES string of the molecule is Cc1cc(N2CCN(CC#N)CC2)n2nc(C(F)(F)F)nc2n1. The molecule has 0 aromatic carbocycles. The molecule has 0 bridgehead atoms. The van der Waals surface area contributed by atoms with Gasteiger partial charge in [-0.25, -0.2) is 4.98 Å². The fraction of sp³-hybridized carbons (Fsp3) is 0.538. The molecule has 1 aliphatic rings. The zero-order valence-electron chi connectivity index (χ0n) is 12.4. The van der Waals surface area contributed by atoms with Crippen molar-refractivity contribution in [2.75, 3.05) is 37.6 Å². The Morgan fingerprint density at radius 3 is 2.52 bits per heavy atom. The van der Waals surface area contributed by atoms with E-state index in [1.807, 2.05) is 9.80 Å². The van der Waals surface area contributed by atoms with Crippen molar-refractivity contribution in [3.05, 3.63) is 17.6 Å². The van der Waals surface area contributed by atoms with Gasteiger partial charge >= 0.3 is 6.18 Å². The van der Waals surface area contributed by atoms with Crippen LogP contribution in [-0.4, -0.2) is 57.2 Å². The summed E-state index contributed by atoms with van der Waals surface area (Å²) >= 11 is 0. The minimum atomic E-state index is -4.61. The van der Waals surface area contributed by atoms with Gasteiger partial charge in [0.15, 0.2) is 0 Å². The monoisotopic (exact) mass is 325 g/mol. The number of hydrogen-bond acceptors (Lipinski definition) is 6. The lowest BCUT2D eigenvalue weighted by Crippen LogP contribution is -2.47. The number of anilines is 1. The highest BCUT2D eigenvalue weighted by Crippen LogP contribution is 2.28. The lowest BCUT2D eigenvalue weighted by atomic mass is 10.3. The van der Waals surface area contributed by atoms with Gasteiger partial charge in [0.05, 0.1) is 12.6 Å². The van der Waals surface area contributed by atoms with Crippen LogP contribution in [0.15, 0.2) is 6.07 Å². The molecule has 1 saturated heterocycles. The molecule has 3 rings (SSSR count). The molecule has 23 heavy (non-hydrogen) atoms. The first-order valence-electron chi connectivity index (χ1n) is 7.04. The van der Waals surface area contributed by atoms with Crippen molar-refractivity contribution in [2.24, 2.45) is 0 Å². The Kier molecular flexibility index (Phi) is 3.81. The van der Waals surface area contributed by atoms with Crippen LogP contribution in [-0.2, 0) is 6.18 Å². The molecule has 0 aliphatic carbocycles. The van der Waals surface area contributed by atoms with E-state index < -0.39 is 12.0 Å². The van der Waals surface area contributed by atoms with Gasteiger partial charge in [0.25, 0.3) is 11.6 Å². The fourth-order valence-electron chi connectivity index (χ4n) is 2.55. The average molecular weight is 325 g/mol. The average Bonchev–Trinajstić information content (AvgIpc) is 2.91. The highest BCUT2D eigenvalue weighted by molar-refractivity contribution is 5.48. The lowest BCUT2D eigenvalue weighted by molar-refractivity contribution is -0.144. The Morgan fingerprint density at radius 1 is 1.22 bits per heavy atom. The Balaban J connectivity index is 1.95. The van der Waals surface area contributed by atoms with E-state index in [1.165, 1.54) is 0 Å². The van der Waals surface area contributed by atoms with Crippen molar-refractivity contribution < 1.29 is 13.2 Å². The van der Waals surface area contributed by atoms with Crippen molar-refractivity contribution in [1.29, 1.82) is 5.26 Å². The van der Waals surface area contributed by atoms with E-state index in [9.17, 15) is 13.2 Å². The van der Waals surface area contributed by atoms with Crippen LogP contribution in [0.3, 0.4) is 0 Å². The van der Waals surface area contributed by atoms with Gasteiger partial charge in [0, 0.05) is 37.9 Å². The van der Waals surface area contributed by atoms with E-state index in [4.69, 9.17) is 5.26 Å². The Hall–Kier alpha value is -2.41. The summed E-state index contributed by atoms with van der Waals surface area (Å²) in [7, 11) is 0. The maximum absolute atomic E-state index is 12.8. The minimum absolute atomic E-state index is 0.0632. The van der Waals surface area contributed by atoms with Crippen LogP contribution >= 0.6 is 0 Å². The molecule has 7 nitrogen and oxygen atoms in total. The standard InChI is InChI=1S/C13H14F3N7/c1-9-8-10(22-6-4-21(3-2-17)5-7-22)23-12(18-9)19-11(20-23)13(14,15)16/h8H,3-7H2,1H3. The third-order valence-electron chi connectivity index (χ3n) is 3.67. The Bertz CT molecular complexity index is 753. The molecule has 0 spiro atoms. The summed E-state index contributed by atoms with van der Waals surface area (Å²) in [5, 5.41) is 12.3. The van der Waals surface area contributed by atoms with Gasteiger partial charge in [-0.2, -0.15) is 27.9 Å². The van der Waals surface area contributed by atoms with E-state index in [0.717, 1.165) is 4.52 Å². The molecule has 0 atom stereocenters. The number of nitriles is 1. The summed E-state index contributed by atoms with van der Waals surface area (Å²) < 4.78 is 39.6. The second-order valence-corrected chi connectivity index (χ2v) is 5.32. The summed E-state index contributed by atoms with van der Waals surface area (Å²) in [6, 6.07) is 3.79. The number of aryl methyl sites for hydroxylation is 1. The second-order valence-electron chi connectivity index (χ2n) is 5.32. The van der Waals surface area contributed by atoms with E-state index in [0.29, 0.717) is 44.2 Å². The van der Waals surface area contributed by atoms with E-state index in [1.54, 1.807) is 13.0 Å². The van der Waals surface area contributed by atoms with Crippen LogP contribution in [0.4, 0.5) is 19.0 Å². The van der Waals surface area contributed by atoms with Gasteiger partial charge in [-0.1, -0.05) is 0 Å². The summed E-state index contributed by atoms with van der Waals surface area (Å²) in [4.78, 5) is 11.4. The Labute approximate surface area is 129 Å². The van der Waals surface area contributed by atoms with Gasteiger partial charge in [0.1, 0.15) is 5.82 Å². The number of nitrogens with zero attached hydrogens (tertiary/aromatic N) is 7. The summed E-state index contributed by atoms with van der Waals surface area (Å²) in [5.74, 6) is -0.723. The minimum Gasteiger partial charge on any atom is -0.354 e. The molecule has 0 radical (unpaired) electrons. The van der Waals surface area contributed by atoms with E-state index in [-0.39, 0.29) is 5.78 Å². The molecular formula is C13H14F3N7. The predicted molar refractivity (Wildman–Crippen MR) is 74.8 cm³/mol. The van der Waals surface area contributed by atoms with Gasteiger partial charge in [-0.15, -0.1) is 5.10 Å². The molecule has 1 fully saturated rings. The van der Waals surface area contributed by atoms with Crippen molar-refractivity contribution >= 4 is 11.6 Å². The molecule has 1 aliphatic heterocycles. The molecule has 0 N–H and O–H groups in total. The fourth-order valence-corrected chi connectivity index (χ4v) is 2.55. The molecule has 122 valence electrons. The number of fused-ring (bicyclic) bond motifs is 1. The van der Waals surface area contributed by atoms with Crippen LogP contribution in [0, 0.1) is 18.3 Å². The molecule has 0 saturated carbocycles. The molecule has 0 unspecified atom stereocenters. The maximum Gasteiger partial charge on any atom is 0.453 e. The van der Waals surface area contributed by atoms with Gasteiger partial charge in [0.2, 0.25) is 0 Å². The highest BCUT2D eigenvalue weighted by Gasteiger charge is 2.37. The van der Waals surface area contributed by atoms with Gasteiger partial charge in [-0.05, 0) is 6.92 Å². The zero-order valence-corrected chi connectivity index (χ0v) is 12.4. The summed E-state index contributed by atoms with van der Waals surface area (Å²) in [6.45, 7) is 4.58. The van der Waals surface area contributed by atoms with Crippen LogP contribution < -0.4 is 4.90 Å². The number of piperazine rings is 1. The van der Waals surface area contributed by atoms with Crippen LogP contribution in [0.25, 0.3) is 5.78 Å². The van der Waals surface area contributed by atoms with Crippen molar-refractivity contribution in [2.45, 2.75) is 13.1 Å². The number of halogens is 3. The summed E-state index contributed by atoms with van der Waals surface area (Å²) in [6.07, 6.45) is -4.61. The van der Waals surface area contributed by atoms with Gasteiger partial charge in [-0.3, -0.25) is 4.90 Å². The van der Waals surface area contributed by atoms with Crippen molar-refractivity contribution in [3.63, 3.8) is 0 Å². The van der Waals surface area contributed by atoms with E-state index >= 15 is 0 Å². The number of hydrogen-bond donors (Lipinski definition) is 0. The third-order valence-corrected chi connectivity index (χ3v) is 3.67. The number of rotatable bonds is 2. The summed E-state index contributed by atoms with van der Waals surface area (Å²) in [5.41, 5.74) is 0.577. The van der Waals surface area contributed by atoms with Crippen molar-refractivity contribution in [3.8, 4) is 6.07 Å². The molecule has 10 heteroatoms. The zero-order chi connectivity index (χ0) is 16.6. The third kappa shape index (κ3) is 3.05. The van der Waals surface area contributed by atoms with Crippen LogP contribution in [0.1, 0.15) is 11.5 Å². The number of alkyl halides is 3. The van der Waals surface area contributed by atoms with Crippen LogP contribution in [0.2, 0.25) is 0 Å². The molecule has 0 amide bonds. The highest BCUT2D eigenvalue weighted by atomic mass is 19.4. The predicted octanol–water partition coefficient (Wildman–Crippen LogP) is 1.10. The normalized spacial score (nSPS) is 16.7.